The summed E-state index contributed by atoms with van der Waals surface area (Å²) in [6.07, 6.45) is 11.2. The highest BCUT2D eigenvalue weighted by atomic mass is 16.5. The molecule has 0 saturated heterocycles. The summed E-state index contributed by atoms with van der Waals surface area (Å²) in [6.45, 7) is 8.26. The molecule has 3 rings (SSSR count). The second-order valence-electron chi connectivity index (χ2n) is 7.56. The van der Waals surface area contributed by atoms with Crippen LogP contribution in [0.25, 0.3) is 16.7 Å². The molecule has 0 unspecified atom stereocenters. The number of ether oxygens (including phenoxy) is 1. The lowest BCUT2D eigenvalue weighted by Crippen LogP contribution is -2.15. The average molecular weight is 430 g/mol. The van der Waals surface area contributed by atoms with E-state index in [-0.39, 0.29) is 11.9 Å². The molecule has 0 fully saturated rings. The molecule has 0 saturated carbocycles. The molecular formula is C27H31N3O2. The number of hydrogen-bond donors (Lipinski definition) is 1. The van der Waals surface area contributed by atoms with Gasteiger partial charge in [0.25, 0.3) is 5.91 Å². The molecule has 32 heavy (non-hydrogen) atoms. The number of fused-ring (bicyclic) bond motifs is 1. The lowest BCUT2D eigenvalue weighted by Gasteiger charge is -2.11. The molecule has 0 aliphatic carbocycles. The summed E-state index contributed by atoms with van der Waals surface area (Å²) in [5, 5.41) is 3.73. The van der Waals surface area contributed by atoms with Gasteiger partial charge in [0.15, 0.2) is 0 Å². The fourth-order valence-corrected chi connectivity index (χ4v) is 3.54. The number of benzene rings is 2. The molecule has 0 aliphatic heterocycles. The maximum Gasteiger partial charge on any atom is 0.258 e. The highest BCUT2D eigenvalue weighted by Gasteiger charge is 2.12. The highest BCUT2D eigenvalue weighted by molar-refractivity contribution is 6.03. The van der Waals surface area contributed by atoms with Gasteiger partial charge in [-0.1, -0.05) is 45.4 Å². The number of carbonyl (C=O) groups is 1. The lowest BCUT2D eigenvalue weighted by molar-refractivity contribution is 0.102. The van der Waals surface area contributed by atoms with Crippen LogP contribution in [0, 0.1) is 0 Å². The molecule has 0 bridgehead atoms. The molecule has 0 radical (unpaired) electrons. The molecule has 2 aromatic carbocycles. The molecule has 1 amide bonds. The van der Waals surface area contributed by atoms with Crippen LogP contribution in [-0.4, -0.2) is 15.9 Å². The van der Waals surface area contributed by atoms with Crippen LogP contribution >= 0.6 is 0 Å². The van der Waals surface area contributed by atoms with Crippen LogP contribution in [0.3, 0.4) is 0 Å². The zero-order chi connectivity index (χ0) is 22.9. The summed E-state index contributed by atoms with van der Waals surface area (Å²) in [5.41, 5.74) is 4.78. The second kappa shape index (κ2) is 11.2. The van der Waals surface area contributed by atoms with Crippen molar-refractivity contribution in [2.75, 3.05) is 5.32 Å². The number of allylic oxidation sites excluding steroid dienone is 2. The number of nitrogens with zero attached hydrogens (tertiary/aromatic N) is 2. The first-order chi connectivity index (χ1) is 15.6. The molecule has 1 aromatic heterocycles. The lowest BCUT2D eigenvalue weighted by atomic mass is 9.98. The predicted molar refractivity (Wildman–Crippen MR) is 131 cm³/mol. The number of hydrogen-bond acceptors (Lipinski definition) is 4. The third-order valence-electron chi connectivity index (χ3n) is 5.25. The van der Waals surface area contributed by atoms with E-state index in [1.54, 1.807) is 12.5 Å². The van der Waals surface area contributed by atoms with Crippen molar-refractivity contribution in [1.29, 1.82) is 0 Å². The predicted octanol–water partition coefficient (Wildman–Crippen LogP) is 6.70. The van der Waals surface area contributed by atoms with Gasteiger partial charge in [0.05, 0.1) is 11.8 Å². The Morgan fingerprint density at radius 2 is 1.88 bits per heavy atom. The van der Waals surface area contributed by atoms with Gasteiger partial charge in [-0.05, 0) is 67.7 Å². The van der Waals surface area contributed by atoms with Crippen LogP contribution in [0.5, 0.6) is 0 Å². The average Bonchev–Trinajstić information content (AvgIpc) is 2.82. The molecule has 1 heterocycles. The van der Waals surface area contributed by atoms with E-state index in [1.165, 1.54) is 11.1 Å². The van der Waals surface area contributed by atoms with E-state index in [0.29, 0.717) is 5.56 Å². The van der Waals surface area contributed by atoms with Crippen molar-refractivity contribution in [2.24, 2.45) is 0 Å². The Kier molecular flexibility index (Phi) is 8.14. The van der Waals surface area contributed by atoms with Gasteiger partial charge in [-0.25, -0.2) is 9.97 Å². The number of rotatable bonds is 9. The van der Waals surface area contributed by atoms with Crippen LogP contribution in [0.2, 0.25) is 0 Å². The van der Waals surface area contributed by atoms with Gasteiger partial charge in [-0.2, -0.15) is 0 Å². The van der Waals surface area contributed by atoms with Gasteiger partial charge in [-0.3, -0.25) is 10.1 Å². The van der Waals surface area contributed by atoms with Gasteiger partial charge in [0.2, 0.25) is 5.95 Å². The Morgan fingerprint density at radius 3 is 2.59 bits per heavy atom. The molecule has 5 nitrogen and oxygen atoms in total. The fourth-order valence-electron chi connectivity index (χ4n) is 3.54. The van der Waals surface area contributed by atoms with Gasteiger partial charge in [0, 0.05) is 22.7 Å². The third-order valence-corrected chi connectivity index (χ3v) is 5.25. The molecule has 0 spiro atoms. The summed E-state index contributed by atoms with van der Waals surface area (Å²) in [6, 6.07) is 11.8. The summed E-state index contributed by atoms with van der Waals surface area (Å²) in [7, 11) is 0. The quantitative estimate of drug-likeness (QED) is 0.385. The van der Waals surface area contributed by atoms with Gasteiger partial charge in [-0.15, -0.1) is 0 Å². The number of nitrogens with one attached hydrogen (secondary N) is 1. The van der Waals surface area contributed by atoms with Crippen LogP contribution in [0.4, 0.5) is 5.95 Å². The van der Waals surface area contributed by atoms with Crippen molar-refractivity contribution in [3.8, 4) is 0 Å². The fraction of sp³-hybridized carbons (Fsp3) is 0.296. The van der Waals surface area contributed by atoms with Crippen LogP contribution in [0.1, 0.15) is 67.6 Å². The minimum atomic E-state index is -0.208. The van der Waals surface area contributed by atoms with E-state index in [1.807, 2.05) is 49.4 Å². The summed E-state index contributed by atoms with van der Waals surface area (Å²) in [4.78, 5) is 21.7. The number of amides is 1. The van der Waals surface area contributed by atoms with Crippen molar-refractivity contribution < 1.29 is 9.53 Å². The molecule has 166 valence electrons. The van der Waals surface area contributed by atoms with Crippen LogP contribution < -0.4 is 5.32 Å². The minimum Gasteiger partial charge on any atom is -0.465 e. The Labute approximate surface area is 190 Å². The van der Waals surface area contributed by atoms with E-state index < -0.39 is 0 Å². The van der Waals surface area contributed by atoms with E-state index in [0.717, 1.165) is 47.9 Å². The van der Waals surface area contributed by atoms with Gasteiger partial charge in [0.1, 0.15) is 5.76 Å². The van der Waals surface area contributed by atoms with Gasteiger partial charge >= 0.3 is 0 Å². The Bertz CT molecular complexity index is 1150. The summed E-state index contributed by atoms with van der Waals surface area (Å²) >= 11 is 0. The minimum absolute atomic E-state index is 0.208. The monoisotopic (exact) mass is 429 g/mol. The van der Waals surface area contributed by atoms with E-state index >= 15 is 0 Å². The van der Waals surface area contributed by atoms with E-state index in [4.69, 9.17) is 4.74 Å². The van der Waals surface area contributed by atoms with Crippen molar-refractivity contribution in [2.45, 2.75) is 53.4 Å². The standard InChI is InChI=1S/C27H31N3O2/c1-5-9-15-32-25(8-4)21-12-14-23-18-28-27(29-24(23)17-21)30-26(31)22-13-11-20(10-6-2)19(7-3)16-22/h8-9,11-18H,5-7,10H2,1-4H3,(H,28,29,30,31)/b15-9+,25-8-. The Balaban J connectivity index is 1.83. The van der Waals surface area contributed by atoms with Crippen molar-refractivity contribution in [3.63, 3.8) is 0 Å². The molecular weight excluding hydrogens is 398 g/mol. The molecule has 5 heteroatoms. The topological polar surface area (TPSA) is 64.1 Å². The first kappa shape index (κ1) is 23.2. The number of aromatic nitrogens is 2. The Morgan fingerprint density at radius 1 is 1.06 bits per heavy atom. The molecule has 3 aromatic rings. The second-order valence-corrected chi connectivity index (χ2v) is 7.56. The normalized spacial score (nSPS) is 11.8. The maximum atomic E-state index is 12.8. The molecule has 1 N–H and O–H groups in total. The van der Waals surface area contributed by atoms with Crippen molar-refractivity contribution in [1.82, 2.24) is 9.97 Å². The number of anilines is 1. The largest absolute Gasteiger partial charge is 0.465 e. The SMILES string of the molecule is C/C=C(\O/C=C/CC)c1ccc2cnc(NC(=O)c3ccc(CCC)c(CC)c3)nc2c1. The van der Waals surface area contributed by atoms with Crippen molar-refractivity contribution in [3.05, 3.63) is 83.3 Å². The Hall–Kier alpha value is -3.47. The third kappa shape index (κ3) is 5.61. The maximum absolute atomic E-state index is 12.8. The zero-order valence-electron chi connectivity index (χ0n) is 19.3. The zero-order valence-corrected chi connectivity index (χ0v) is 19.3. The van der Waals surface area contributed by atoms with Crippen LogP contribution in [-0.2, 0) is 17.6 Å². The first-order valence-corrected chi connectivity index (χ1v) is 11.3. The van der Waals surface area contributed by atoms with Crippen LogP contribution in [0.15, 0.2) is 61.0 Å². The van der Waals surface area contributed by atoms with E-state index in [2.05, 4.69) is 42.1 Å². The molecule has 0 atom stereocenters. The summed E-state index contributed by atoms with van der Waals surface area (Å²) < 4.78 is 5.74. The van der Waals surface area contributed by atoms with E-state index in [9.17, 15) is 4.79 Å². The number of carbonyl (C=O) groups excluding carboxylic acids is 1. The van der Waals surface area contributed by atoms with Gasteiger partial charge < -0.3 is 4.74 Å². The number of aryl methyl sites for hydroxylation is 2. The molecule has 0 aliphatic rings. The highest BCUT2D eigenvalue weighted by Crippen LogP contribution is 2.22. The first-order valence-electron chi connectivity index (χ1n) is 11.3. The summed E-state index contributed by atoms with van der Waals surface area (Å²) in [5.74, 6) is 0.824. The van der Waals surface area contributed by atoms with Crippen molar-refractivity contribution >= 4 is 28.5 Å². The smallest absolute Gasteiger partial charge is 0.258 e.